The zero-order valence-electron chi connectivity index (χ0n) is 11.1. The van der Waals surface area contributed by atoms with Crippen molar-refractivity contribution in [3.63, 3.8) is 0 Å². The molecule has 0 fully saturated rings. The summed E-state index contributed by atoms with van der Waals surface area (Å²) in [5.41, 5.74) is -0.730. The van der Waals surface area contributed by atoms with Crippen LogP contribution in [0.2, 0.25) is 5.02 Å². The molecule has 1 aromatic heterocycles. The van der Waals surface area contributed by atoms with Crippen LogP contribution in [0.1, 0.15) is 33.6 Å². The number of nitrogens with zero attached hydrogens (tertiary/aromatic N) is 2. The number of nitrogens with one attached hydrogen (secondary N) is 2. The molecule has 0 aliphatic rings. The Morgan fingerprint density at radius 2 is 1.94 bits per heavy atom. The van der Waals surface area contributed by atoms with Crippen LogP contribution in [0.15, 0.2) is 6.20 Å². The number of halogens is 1. The van der Waals surface area contributed by atoms with Gasteiger partial charge in [-0.25, -0.2) is 4.98 Å². The third-order valence-corrected chi connectivity index (χ3v) is 3.26. The average Bonchev–Trinajstić information content (AvgIpc) is 2.39. The second kappa shape index (κ2) is 6.75. The van der Waals surface area contributed by atoms with Crippen molar-refractivity contribution in [3.05, 3.63) is 11.2 Å². The third-order valence-electron chi connectivity index (χ3n) is 2.98. The molecule has 6 heteroatoms. The molecule has 102 valence electrons. The van der Waals surface area contributed by atoms with Crippen LogP contribution >= 0.6 is 11.6 Å². The van der Waals surface area contributed by atoms with Crippen LogP contribution in [0.25, 0.3) is 0 Å². The van der Waals surface area contributed by atoms with Gasteiger partial charge in [-0.1, -0.05) is 25.4 Å². The smallest absolute Gasteiger partial charge is 0.224 e. The SMILES string of the molecule is CCNc1ncc(Cl)c(NCC(O)(CC)CC)n1. The summed E-state index contributed by atoms with van der Waals surface area (Å²) in [5.74, 6) is 1.07. The first-order valence-electron chi connectivity index (χ1n) is 6.27. The van der Waals surface area contributed by atoms with Gasteiger partial charge in [-0.05, 0) is 19.8 Å². The van der Waals surface area contributed by atoms with Crippen LogP contribution in [0, 0.1) is 0 Å². The highest BCUT2D eigenvalue weighted by molar-refractivity contribution is 6.32. The third kappa shape index (κ3) is 3.99. The molecule has 3 N–H and O–H groups in total. The van der Waals surface area contributed by atoms with Crippen LogP contribution in [-0.4, -0.2) is 33.8 Å². The molecule has 1 heterocycles. The molecule has 0 amide bonds. The fraction of sp³-hybridized carbons (Fsp3) is 0.667. The Hall–Kier alpha value is -1.07. The van der Waals surface area contributed by atoms with Crippen LogP contribution in [0.5, 0.6) is 0 Å². The van der Waals surface area contributed by atoms with E-state index in [2.05, 4.69) is 20.6 Å². The minimum Gasteiger partial charge on any atom is -0.388 e. The van der Waals surface area contributed by atoms with E-state index >= 15 is 0 Å². The number of aromatic nitrogens is 2. The predicted octanol–water partition coefficient (Wildman–Crippen LogP) is 2.52. The number of hydrogen-bond donors (Lipinski definition) is 3. The van der Waals surface area contributed by atoms with Crippen molar-refractivity contribution in [1.82, 2.24) is 9.97 Å². The second-order valence-electron chi connectivity index (χ2n) is 4.21. The van der Waals surface area contributed by atoms with Crippen molar-refractivity contribution in [2.45, 2.75) is 39.2 Å². The van der Waals surface area contributed by atoms with E-state index in [1.807, 2.05) is 20.8 Å². The van der Waals surface area contributed by atoms with Crippen LogP contribution in [0.3, 0.4) is 0 Å². The molecule has 1 aromatic rings. The Bertz CT molecular complexity index is 382. The fourth-order valence-corrected chi connectivity index (χ4v) is 1.64. The molecule has 5 nitrogen and oxygen atoms in total. The summed E-state index contributed by atoms with van der Waals surface area (Å²) in [6.45, 7) is 7.04. The van der Waals surface area contributed by atoms with Crippen LogP contribution in [-0.2, 0) is 0 Å². The van der Waals surface area contributed by atoms with E-state index in [0.717, 1.165) is 6.54 Å². The molecule has 0 radical (unpaired) electrons. The summed E-state index contributed by atoms with van der Waals surface area (Å²) in [6.07, 6.45) is 2.91. The maximum absolute atomic E-state index is 10.2. The standard InChI is InChI=1S/C12H21ClN4O/c1-4-12(18,5-2)8-16-10-9(13)7-15-11(17-10)14-6-3/h7,18H,4-6,8H2,1-3H3,(H2,14,15,16,17). The molecule has 0 unspecified atom stereocenters. The zero-order chi connectivity index (χ0) is 13.6. The van der Waals surface area contributed by atoms with Gasteiger partial charge in [0.15, 0.2) is 5.82 Å². The van der Waals surface area contributed by atoms with Gasteiger partial charge < -0.3 is 15.7 Å². The van der Waals surface area contributed by atoms with Gasteiger partial charge in [0, 0.05) is 13.1 Å². The molecule has 0 atom stereocenters. The summed E-state index contributed by atoms with van der Waals surface area (Å²) >= 11 is 6.01. The highest BCUT2D eigenvalue weighted by atomic mass is 35.5. The molecule has 0 spiro atoms. The van der Waals surface area contributed by atoms with Gasteiger partial charge in [-0.2, -0.15) is 4.98 Å². The predicted molar refractivity (Wildman–Crippen MR) is 75.2 cm³/mol. The highest BCUT2D eigenvalue weighted by Crippen LogP contribution is 2.22. The highest BCUT2D eigenvalue weighted by Gasteiger charge is 2.22. The van der Waals surface area contributed by atoms with Crippen molar-refractivity contribution in [3.8, 4) is 0 Å². The summed E-state index contributed by atoms with van der Waals surface area (Å²) in [5, 5.41) is 16.7. The molecule has 0 aliphatic heterocycles. The lowest BCUT2D eigenvalue weighted by atomic mass is 9.98. The van der Waals surface area contributed by atoms with Crippen molar-refractivity contribution < 1.29 is 5.11 Å². The molecule has 0 aromatic carbocycles. The summed E-state index contributed by atoms with van der Waals surface area (Å²) in [6, 6.07) is 0. The van der Waals surface area contributed by atoms with E-state index in [9.17, 15) is 5.11 Å². The number of anilines is 2. The van der Waals surface area contributed by atoms with E-state index in [-0.39, 0.29) is 0 Å². The van der Waals surface area contributed by atoms with Gasteiger partial charge in [-0.15, -0.1) is 0 Å². The largest absolute Gasteiger partial charge is 0.388 e. The average molecular weight is 273 g/mol. The minimum atomic E-state index is -0.730. The van der Waals surface area contributed by atoms with Crippen molar-refractivity contribution in [2.75, 3.05) is 23.7 Å². The van der Waals surface area contributed by atoms with E-state index in [1.165, 1.54) is 0 Å². The lowest BCUT2D eigenvalue weighted by Crippen LogP contribution is -2.35. The van der Waals surface area contributed by atoms with E-state index in [0.29, 0.717) is 36.2 Å². The quantitative estimate of drug-likeness (QED) is 0.712. The maximum Gasteiger partial charge on any atom is 0.224 e. The van der Waals surface area contributed by atoms with Gasteiger partial charge in [0.05, 0.1) is 11.8 Å². The molecular formula is C12H21ClN4O. The van der Waals surface area contributed by atoms with Gasteiger partial charge >= 0.3 is 0 Å². The van der Waals surface area contributed by atoms with Crippen LogP contribution < -0.4 is 10.6 Å². The van der Waals surface area contributed by atoms with Gasteiger partial charge in [-0.3, -0.25) is 0 Å². The van der Waals surface area contributed by atoms with Gasteiger partial charge in [0.25, 0.3) is 0 Å². The number of hydrogen-bond acceptors (Lipinski definition) is 5. The van der Waals surface area contributed by atoms with E-state index < -0.39 is 5.60 Å². The van der Waals surface area contributed by atoms with Crippen molar-refractivity contribution in [2.24, 2.45) is 0 Å². The Morgan fingerprint density at radius 1 is 1.28 bits per heavy atom. The lowest BCUT2D eigenvalue weighted by Gasteiger charge is -2.25. The Balaban J connectivity index is 2.74. The lowest BCUT2D eigenvalue weighted by molar-refractivity contribution is 0.0456. The van der Waals surface area contributed by atoms with Crippen molar-refractivity contribution >= 4 is 23.4 Å². The molecule has 0 bridgehead atoms. The molecule has 0 aliphatic carbocycles. The molecule has 1 rings (SSSR count). The van der Waals surface area contributed by atoms with Crippen LogP contribution in [0.4, 0.5) is 11.8 Å². The summed E-state index contributed by atoms with van der Waals surface area (Å²) in [4.78, 5) is 8.31. The number of aliphatic hydroxyl groups is 1. The Labute approximate surface area is 113 Å². The first-order valence-corrected chi connectivity index (χ1v) is 6.65. The van der Waals surface area contributed by atoms with Crippen molar-refractivity contribution in [1.29, 1.82) is 0 Å². The second-order valence-corrected chi connectivity index (χ2v) is 4.61. The monoisotopic (exact) mass is 272 g/mol. The minimum absolute atomic E-state index is 0.419. The fourth-order valence-electron chi connectivity index (χ4n) is 1.48. The topological polar surface area (TPSA) is 70.1 Å². The molecular weight excluding hydrogens is 252 g/mol. The maximum atomic E-state index is 10.2. The Kier molecular flexibility index (Phi) is 5.62. The molecule has 0 saturated heterocycles. The van der Waals surface area contributed by atoms with E-state index in [4.69, 9.17) is 11.6 Å². The first-order chi connectivity index (χ1) is 8.54. The molecule has 18 heavy (non-hydrogen) atoms. The van der Waals surface area contributed by atoms with Gasteiger partial charge in [0.1, 0.15) is 5.02 Å². The molecule has 0 saturated carbocycles. The van der Waals surface area contributed by atoms with Gasteiger partial charge in [0.2, 0.25) is 5.95 Å². The van der Waals surface area contributed by atoms with E-state index in [1.54, 1.807) is 6.20 Å². The zero-order valence-corrected chi connectivity index (χ0v) is 11.9. The summed E-state index contributed by atoms with van der Waals surface area (Å²) in [7, 11) is 0. The normalized spacial score (nSPS) is 11.4. The summed E-state index contributed by atoms with van der Waals surface area (Å²) < 4.78 is 0. The number of rotatable bonds is 7. The Morgan fingerprint density at radius 3 is 2.50 bits per heavy atom. The first kappa shape index (κ1) is 15.0.